The van der Waals surface area contributed by atoms with Crippen LogP contribution in [0.2, 0.25) is 0 Å². The van der Waals surface area contributed by atoms with Crippen molar-refractivity contribution in [3.8, 4) is 5.69 Å². The average molecular weight is 500 g/mol. The van der Waals surface area contributed by atoms with Crippen LogP contribution in [-0.4, -0.2) is 30.9 Å². The maximum Gasteiger partial charge on any atom is 0.283 e. The molecular weight excluding hydrogens is 474 g/mol. The fraction of sp³-hybridized carbons (Fsp3) is 0.185. The molecule has 0 spiro atoms. The number of carbonyl (C=O) groups is 1. The summed E-state index contributed by atoms with van der Waals surface area (Å²) in [6.07, 6.45) is 1.77. The van der Waals surface area contributed by atoms with E-state index in [1.807, 2.05) is 25.1 Å². The van der Waals surface area contributed by atoms with Gasteiger partial charge in [-0.1, -0.05) is 60.3 Å². The van der Waals surface area contributed by atoms with E-state index in [-0.39, 0.29) is 11.4 Å². The van der Waals surface area contributed by atoms with Gasteiger partial charge in [0.05, 0.1) is 11.3 Å². The second-order valence-electron chi connectivity index (χ2n) is 8.56. The normalized spacial score (nSPS) is 16.6. The quantitative estimate of drug-likeness (QED) is 0.433. The highest BCUT2D eigenvalue weighted by atomic mass is 32.2. The average Bonchev–Trinajstić information content (AvgIpc) is 3.36. The third kappa shape index (κ3) is 4.39. The van der Waals surface area contributed by atoms with Crippen LogP contribution < -0.4 is 0 Å². The highest BCUT2D eigenvalue weighted by Gasteiger charge is 2.36. The van der Waals surface area contributed by atoms with Crippen molar-refractivity contribution >= 4 is 50.9 Å². The molecule has 5 rings (SSSR count). The highest BCUT2D eigenvalue weighted by Crippen LogP contribution is 2.34. The molecule has 0 saturated heterocycles. The molecule has 35 heavy (non-hydrogen) atoms. The van der Waals surface area contributed by atoms with Gasteiger partial charge in [0.1, 0.15) is 0 Å². The van der Waals surface area contributed by atoms with E-state index in [1.54, 1.807) is 17.8 Å². The molecule has 1 N–H and O–H groups in total. The Morgan fingerprint density at radius 2 is 1.74 bits per heavy atom. The number of thioether (sulfide) groups is 2. The van der Waals surface area contributed by atoms with Gasteiger partial charge in [0, 0.05) is 17.1 Å². The van der Waals surface area contributed by atoms with Gasteiger partial charge in [-0.25, -0.2) is 0 Å². The number of aromatic nitrogens is 1. The molecule has 3 heterocycles. The number of para-hydroxylation sites is 1. The van der Waals surface area contributed by atoms with Gasteiger partial charge >= 0.3 is 0 Å². The van der Waals surface area contributed by atoms with Crippen LogP contribution in [0.25, 0.3) is 11.8 Å². The number of aliphatic imine (C=N–C) groups is 1. The van der Waals surface area contributed by atoms with Crippen molar-refractivity contribution in [2.75, 3.05) is 0 Å². The van der Waals surface area contributed by atoms with Crippen LogP contribution in [0.3, 0.4) is 0 Å². The lowest BCUT2D eigenvalue weighted by molar-refractivity contribution is -0.114. The minimum absolute atomic E-state index is 0.0553. The van der Waals surface area contributed by atoms with Gasteiger partial charge in [-0.15, -0.1) is 5.10 Å². The maximum absolute atomic E-state index is 12.9. The van der Waals surface area contributed by atoms with Crippen molar-refractivity contribution in [1.82, 2.24) is 9.58 Å². The number of fused-ring (bicyclic) bond motifs is 1. The smallest absolute Gasteiger partial charge is 0.283 e. The van der Waals surface area contributed by atoms with Crippen molar-refractivity contribution in [2.45, 2.75) is 33.4 Å². The van der Waals surface area contributed by atoms with Gasteiger partial charge in [0.25, 0.3) is 5.91 Å². The Kier molecular flexibility index (Phi) is 6.25. The molecule has 0 bridgehead atoms. The molecule has 2 aliphatic rings. The number of amidine groups is 2. The Bertz CT molecular complexity index is 1430. The van der Waals surface area contributed by atoms with Crippen LogP contribution in [0.5, 0.6) is 0 Å². The molecular formula is C27H25N5OS2. The van der Waals surface area contributed by atoms with E-state index in [9.17, 15) is 4.79 Å². The van der Waals surface area contributed by atoms with Gasteiger partial charge in [0.2, 0.25) is 5.17 Å². The summed E-state index contributed by atoms with van der Waals surface area (Å²) in [6, 6.07) is 18.5. The predicted molar refractivity (Wildman–Crippen MR) is 147 cm³/mol. The van der Waals surface area contributed by atoms with Crippen LogP contribution >= 0.6 is 23.5 Å². The summed E-state index contributed by atoms with van der Waals surface area (Å²) in [5, 5.41) is 15.2. The second kappa shape index (κ2) is 9.36. The Morgan fingerprint density at radius 3 is 2.46 bits per heavy atom. The molecule has 176 valence electrons. The molecule has 0 unspecified atom stereocenters. The molecule has 0 fully saturated rings. The van der Waals surface area contributed by atoms with Crippen LogP contribution in [0.1, 0.15) is 33.6 Å². The molecule has 3 aromatic rings. The van der Waals surface area contributed by atoms with E-state index in [2.05, 4.69) is 71.8 Å². The Hall–Kier alpha value is -3.36. The molecule has 2 aliphatic heterocycles. The molecule has 0 radical (unpaired) electrons. The molecule has 1 aromatic heterocycles. The maximum atomic E-state index is 12.9. The number of hydrogen-bond donors (Lipinski definition) is 1. The highest BCUT2D eigenvalue weighted by molar-refractivity contribution is 8.45. The number of carbonyl (C=O) groups excluding carboxylic acids is 1. The van der Waals surface area contributed by atoms with Crippen LogP contribution in [0, 0.1) is 33.1 Å². The van der Waals surface area contributed by atoms with Gasteiger partial charge in [-0.05, 0) is 73.9 Å². The summed E-state index contributed by atoms with van der Waals surface area (Å²) in [5.41, 5.74) is 7.94. The monoisotopic (exact) mass is 499 g/mol. The lowest BCUT2D eigenvalue weighted by Crippen LogP contribution is -2.35. The summed E-state index contributed by atoms with van der Waals surface area (Å²) in [6.45, 7) is 8.31. The molecule has 0 aliphatic carbocycles. The summed E-state index contributed by atoms with van der Waals surface area (Å²) in [5.74, 6) is 0.414. The van der Waals surface area contributed by atoms with Crippen molar-refractivity contribution in [1.29, 1.82) is 5.41 Å². The first-order chi connectivity index (χ1) is 16.8. The number of hydrogen-bond acceptors (Lipinski definition) is 5. The van der Waals surface area contributed by atoms with Crippen molar-refractivity contribution in [3.05, 3.63) is 93.8 Å². The van der Waals surface area contributed by atoms with Gasteiger partial charge in [-0.2, -0.15) is 10.0 Å². The molecule has 2 aromatic carbocycles. The molecule has 1 amide bonds. The lowest BCUT2D eigenvalue weighted by atomic mass is 10.1. The van der Waals surface area contributed by atoms with E-state index in [1.165, 1.54) is 33.5 Å². The molecule has 6 nitrogen and oxygen atoms in total. The van der Waals surface area contributed by atoms with E-state index in [4.69, 9.17) is 5.41 Å². The van der Waals surface area contributed by atoms with Crippen molar-refractivity contribution < 1.29 is 4.79 Å². The molecule has 0 saturated carbocycles. The number of aryl methyl sites for hydroxylation is 3. The van der Waals surface area contributed by atoms with E-state index in [0.29, 0.717) is 5.17 Å². The first-order valence-corrected chi connectivity index (χ1v) is 13.1. The minimum atomic E-state index is -0.407. The third-order valence-electron chi connectivity index (χ3n) is 6.07. The fourth-order valence-electron chi connectivity index (χ4n) is 4.34. The third-order valence-corrected chi connectivity index (χ3v) is 8.19. The molecule has 8 heteroatoms. The van der Waals surface area contributed by atoms with E-state index in [0.717, 1.165) is 32.8 Å². The predicted octanol–water partition coefficient (Wildman–Crippen LogP) is 6.22. The van der Waals surface area contributed by atoms with Crippen LogP contribution in [-0.2, 0) is 10.5 Å². The van der Waals surface area contributed by atoms with Gasteiger partial charge in [-0.3, -0.25) is 10.2 Å². The summed E-state index contributed by atoms with van der Waals surface area (Å²) in [7, 11) is 0. The zero-order chi connectivity index (χ0) is 24.7. The van der Waals surface area contributed by atoms with Crippen molar-refractivity contribution in [2.24, 2.45) is 10.1 Å². The summed E-state index contributed by atoms with van der Waals surface area (Å²) in [4.78, 5) is 17.2. The van der Waals surface area contributed by atoms with E-state index < -0.39 is 5.91 Å². The second-order valence-corrected chi connectivity index (χ2v) is 10.7. The fourth-order valence-corrected chi connectivity index (χ4v) is 6.23. The zero-order valence-corrected chi connectivity index (χ0v) is 21.6. The summed E-state index contributed by atoms with van der Waals surface area (Å²) < 4.78 is 2.99. The van der Waals surface area contributed by atoms with Gasteiger partial charge in [0.15, 0.2) is 10.2 Å². The minimum Gasteiger partial charge on any atom is -0.317 e. The number of nitrogens with zero attached hydrogens (tertiary/aromatic N) is 4. The van der Waals surface area contributed by atoms with E-state index >= 15 is 0 Å². The van der Waals surface area contributed by atoms with Crippen LogP contribution in [0.4, 0.5) is 0 Å². The number of nitrogens with one attached hydrogen (secondary N) is 1. The standard InChI is InChI=1S/C27H25N5OS2/c1-16-9-8-10-17(2)23(16)31-18(3)13-21(19(31)4)14-22-24(28)32-26(29-25(22)33)35-27(30-32)34-15-20-11-6-5-7-12-20/h5-14,28H,15H2,1-4H3/b22-14+,28-24?. The first-order valence-electron chi connectivity index (χ1n) is 11.3. The number of benzene rings is 2. The number of rotatable bonds is 4. The first kappa shape index (κ1) is 23.4. The zero-order valence-electron chi connectivity index (χ0n) is 20.0. The largest absolute Gasteiger partial charge is 0.317 e. The topological polar surface area (TPSA) is 73.8 Å². The Labute approximate surface area is 213 Å². The van der Waals surface area contributed by atoms with Crippen LogP contribution in [0.15, 0.2) is 70.3 Å². The Balaban J connectivity index is 1.44. The van der Waals surface area contributed by atoms with Crippen molar-refractivity contribution in [3.63, 3.8) is 0 Å². The molecule has 0 atom stereocenters. The number of hydrazone groups is 1. The Morgan fingerprint density at radius 1 is 1.03 bits per heavy atom. The lowest BCUT2D eigenvalue weighted by Gasteiger charge is -2.20. The number of amides is 1. The van der Waals surface area contributed by atoms with Gasteiger partial charge < -0.3 is 4.57 Å². The SMILES string of the molecule is Cc1cccc(C)c1-n1c(C)cc(/C=C2\C(=N)N3N=C(SCc4ccccc4)SC3=NC2=O)c1C. The summed E-state index contributed by atoms with van der Waals surface area (Å²) >= 11 is 2.92.